The first kappa shape index (κ1) is 15.9. The number of halogens is 1. The van der Waals surface area contributed by atoms with E-state index in [1.165, 1.54) is 12.4 Å². The Hall–Kier alpha value is -2.44. The zero-order valence-corrected chi connectivity index (χ0v) is 12.5. The van der Waals surface area contributed by atoms with E-state index in [2.05, 4.69) is 15.5 Å². The first-order valence-electron chi connectivity index (χ1n) is 6.40. The summed E-state index contributed by atoms with van der Waals surface area (Å²) in [6, 6.07) is 6.34. The summed E-state index contributed by atoms with van der Waals surface area (Å²) < 4.78 is 0. The summed E-state index contributed by atoms with van der Waals surface area (Å²) >= 11 is 5.75. The van der Waals surface area contributed by atoms with E-state index in [1.54, 1.807) is 31.2 Å². The third-order valence-corrected chi connectivity index (χ3v) is 3.25. The van der Waals surface area contributed by atoms with Crippen molar-refractivity contribution in [1.82, 2.24) is 10.4 Å². The molecule has 0 aliphatic rings. The lowest BCUT2D eigenvalue weighted by atomic mass is 10.1. The van der Waals surface area contributed by atoms with E-state index < -0.39 is 5.91 Å². The van der Waals surface area contributed by atoms with Gasteiger partial charge in [-0.25, -0.2) is 5.43 Å². The molecule has 0 saturated carbocycles. The van der Waals surface area contributed by atoms with Gasteiger partial charge in [0.15, 0.2) is 0 Å². The van der Waals surface area contributed by atoms with Gasteiger partial charge in [-0.1, -0.05) is 11.6 Å². The number of nitrogens with zero attached hydrogens (tertiary/aromatic N) is 2. The number of benzene rings is 1. The fourth-order valence-electron chi connectivity index (χ4n) is 1.74. The van der Waals surface area contributed by atoms with E-state index >= 15 is 0 Å². The highest BCUT2D eigenvalue weighted by atomic mass is 35.5. The van der Waals surface area contributed by atoms with E-state index in [0.29, 0.717) is 27.4 Å². The fourth-order valence-corrected chi connectivity index (χ4v) is 1.87. The summed E-state index contributed by atoms with van der Waals surface area (Å²) in [5.74, 6) is -0.500. The van der Waals surface area contributed by atoms with Crippen LogP contribution in [0.4, 0.5) is 0 Å². The maximum absolute atomic E-state index is 11.9. The lowest BCUT2D eigenvalue weighted by molar-refractivity contribution is 0.0955. The van der Waals surface area contributed by atoms with Crippen LogP contribution in [0.15, 0.2) is 35.6 Å². The average molecular weight is 320 g/mol. The van der Waals surface area contributed by atoms with Crippen LogP contribution in [0.2, 0.25) is 5.02 Å². The lowest BCUT2D eigenvalue weighted by Gasteiger charge is -2.07. The molecule has 1 heterocycles. The monoisotopic (exact) mass is 319 g/mol. The van der Waals surface area contributed by atoms with Gasteiger partial charge in [0.2, 0.25) is 0 Å². The van der Waals surface area contributed by atoms with Crippen molar-refractivity contribution in [1.29, 1.82) is 0 Å². The highest BCUT2D eigenvalue weighted by molar-refractivity contribution is 6.30. The first-order valence-corrected chi connectivity index (χ1v) is 6.78. The number of hydrazone groups is 1. The van der Waals surface area contributed by atoms with Crippen molar-refractivity contribution in [2.24, 2.45) is 5.10 Å². The number of carbonyl (C=O) groups excluding carboxylic acids is 1. The molecule has 22 heavy (non-hydrogen) atoms. The third-order valence-electron chi connectivity index (χ3n) is 2.99. The number of hydrogen-bond donors (Lipinski definition) is 3. The Morgan fingerprint density at radius 1 is 1.41 bits per heavy atom. The summed E-state index contributed by atoms with van der Waals surface area (Å²) in [6.07, 6.45) is 2.71. The molecule has 0 fully saturated rings. The Labute approximate surface area is 132 Å². The number of aryl methyl sites for hydroxylation is 1. The standard InChI is InChI=1S/C15H14ClN3O3/c1-9-14(21)13(11(8-20)6-17-9)7-18-19-15(22)10-2-4-12(16)5-3-10/h2-7,20-21H,8H2,1H3,(H,19,22). The van der Waals surface area contributed by atoms with Crippen LogP contribution >= 0.6 is 11.6 Å². The molecule has 0 spiro atoms. The van der Waals surface area contributed by atoms with E-state index in [4.69, 9.17) is 11.6 Å². The van der Waals surface area contributed by atoms with Gasteiger partial charge in [0, 0.05) is 27.9 Å². The molecule has 0 atom stereocenters. The summed E-state index contributed by atoms with van der Waals surface area (Å²) in [6.45, 7) is 1.33. The maximum Gasteiger partial charge on any atom is 0.271 e. The number of carbonyl (C=O) groups is 1. The molecule has 1 aromatic carbocycles. The SMILES string of the molecule is Cc1ncc(CO)c(C=NNC(=O)c2ccc(Cl)cc2)c1O. The number of nitrogens with one attached hydrogen (secondary N) is 1. The zero-order valence-electron chi connectivity index (χ0n) is 11.7. The molecule has 0 aliphatic heterocycles. The predicted molar refractivity (Wildman–Crippen MR) is 83.1 cm³/mol. The van der Waals surface area contributed by atoms with Gasteiger partial charge in [-0.3, -0.25) is 9.78 Å². The van der Waals surface area contributed by atoms with Crippen molar-refractivity contribution in [3.8, 4) is 5.75 Å². The Morgan fingerprint density at radius 3 is 2.73 bits per heavy atom. The summed E-state index contributed by atoms with van der Waals surface area (Å²) in [7, 11) is 0. The number of pyridine rings is 1. The molecular formula is C15H14ClN3O3. The van der Waals surface area contributed by atoms with Crippen molar-refractivity contribution in [3.05, 3.63) is 57.9 Å². The van der Waals surface area contributed by atoms with Gasteiger partial charge in [0.1, 0.15) is 5.75 Å². The number of aliphatic hydroxyl groups is 1. The highest BCUT2D eigenvalue weighted by Crippen LogP contribution is 2.21. The normalized spacial score (nSPS) is 10.9. The van der Waals surface area contributed by atoms with Crippen LogP contribution in [0.3, 0.4) is 0 Å². The number of aromatic hydroxyl groups is 1. The molecule has 2 rings (SSSR count). The van der Waals surface area contributed by atoms with Crippen LogP contribution in [-0.2, 0) is 6.61 Å². The van der Waals surface area contributed by atoms with E-state index in [9.17, 15) is 15.0 Å². The smallest absolute Gasteiger partial charge is 0.271 e. The maximum atomic E-state index is 11.9. The minimum atomic E-state index is -0.413. The van der Waals surface area contributed by atoms with Crippen molar-refractivity contribution in [2.75, 3.05) is 0 Å². The zero-order chi connectivity index (χ0) is 16.1. The molecule has 0 bridgehead atoms. The first-order chi connectivity index (χ1) is 10.5. The molecule has 1 amide bonds. The highest BCUT2D eigenvalue weighted by Gasteiger charge is 2.09. The molecule has 7 heteroatoms. The second-order valence-corrected chi connectivity index (χ2v) is 4.93. The summed E-state index contributed by atoms with van der Waals surface area (Å²) in [5.41, 5.74) is 3.87. The van der Waals surface area contributed by atoms with Crippen molar-refractivity contribution in [3.63, 3.8) is 0 Å². The minimum Gasteiger partial charge on any atom is -0.505 e. The number of aliphatic hydroxyl groups excluding tert-OH is 1. The minimum absolute atomic E-state index is 0.0870. The van der Waals surface area contributed by atoms with Gasteiger partial charge in [-0.05, 0) is 31.2 Å². The van der Waals surface area contributed by atoms with Gasteiger partial charge in [-0.15, -0.1) is 0 Å². The Morgan fingerprint density at radius 2 is 2.09 bits per heavy atom. The topological polar surface area (TPSA) is 94.8 Å². The van der Waals surface area contributed by atoms with Crippen LogP contribution in [0.25, 0.3) is 0 Å². The summed E-state index contributed by atoms with van der Waals surface area (Å²) in [4.78, 5) is 15.8. The fraction of sp³-hybridized carbons (Fsp3) is 0.133. The third kappa shape index (κ3) is 3.60. The van der Waals surface area contributed by atoms with Crippen molar-refractivity contribution < 1.29 is 15.0 Å². The number of rotatable bonds is 4. The molecule has 6 nitrogen and oxygen atoms in total. The molecule has 114 valence electrons. The second-order valence-electron chi connectivity index (χ2n) is 4.50. The Balaban J connectivity index is 2.14. The molecule has 2 aromatic rings. The lowest BCUT2D eigenvalue weighted by Crippen LogP contribution is -2.17. The molecule has 3 N–H and O–H groups in total. The Kier molecular flexibility index (Phi) is 5.08. The van der Waals surface area contributed by atoms with E-state index in [0.717, 1.165) is 0 Å². The number of amides is 1. The van der Waals surface area contributed by atoms with Crippen molar-refractivity contribution in [2.45, 2.75) is 13.5 Å². The van der Waals surface area contributed by atoms with Gasteiger partial charge in [0.05, 0.1) is 18.5 Å². The van der Waals surface area contributed by atoms with Crippen LogP contribution < -0.4 is 5.43 Å². The van der Waals surface area contributed by atoms with Gasteiger partial charge in [-0.2, -0.15) is 5.10 Å². The molecular weight excluding hydrogens is 306 g/mol. The number of aromatic nitrogens is 1. The van der Waals surface area contributed by atoms with Gasteiger partial charge in [0.25, 0.3) is 5.91 Å². The molecule has 0 unspecified atom stereocenters. The molecule has 1 aromatic heterocycles. The van der Waals surface area contributed by atoms with Crippen molar-refractivity contribution >= 4 is 23.7 Å². The second kappa shape index (κ2) is 7.02. The van der Waals surface area contributed by atoms with Crippen LogP contribution in [-0.4, -0.2) is 27.3 Å². The van der Waals surface area contributed by atoms with Gasteiger partial charge < -0.3 is 10.2 Å². The largest absolute Gasteiger partial charge is 0.505 e. The Bertz CT molecular complexity index is 715. The van der Waals surface area contributed by atoms with E-state index in [1.807, 2.05) is 0 Å². The van der Waals surface area contributed by atoms with Crippen LogP contribution in [0.1, 0.15) is 27.2 Å². The predicted octanol–water partition coefficient (Wildman–Crippen LogP) is 2.01. The van der Waals surface area contributed by atoms with Gasteiger partial charge >= 0.3 is 0 Å². The average Bonchev–Trinajstić information content (AvgIpc) is 2.52. The summed E-state index contributed by atoms with van der Waals surface area (Å²) in [5, 5.41) is 23.5. The molecule has 0 saturated heterocycles. The number of hydrogen-bond acceptors (Lipinski definition) is 5. The quantitative estimate of drug-likeness (QED) is 0.593. The molecule has 0 aliphatic carbocycles. The van der Waals surface area contributed by atoms with Crippen LogP contribution in [0.5, 0.6) is 5.75 Å². The van der Waals surface area contributed by atoms with E-state index in [-0.39, 0.29) is 12.4 Å². The van der Waals surface area contributed by atoms with Crippen LogP contribution in [0, 0.1) is 6.92 Å². The molecule has 0 radical (unpaired) electrons.